The number of aryl methyl sites for hydroxylation is 1. The first-order chi connectivity index (χ1) is 12.5. The number of rotatable bonds is 5. The minimum Gasteiger partial charge on any atom is -0.323 e. The summed E-state index contributed by atoms with van der Waals surface area (Å²) in [5, 5.41) is 14.1. The number of nitro groups is 1. The predicted octanol–water partition coefficient (Wildman–Crippen LogP) is 2.78. The van der Waals surface area contributed by atoms with Gasteiger partial charge in [-0.1, -0.05) is 35.9 Å². The number of quaternary nitrogens is 1. The van der Waals surface area contributed by atoms with E-state index >= 15 is 0 Å². The van der Waals surface area contributed by atoms with Crippen LogP contribution < -0.4 is 10.2 Å². The van der Waals surface area contributed by atoms with Gasteiger partial charge in [0, 0.05) is 23.1 Å². The van der Waals surface area contributed by atoms with Gasteiger partial charge in [0.1, 0.15) is 11.7 Å². The molecular formula is C19H21ClN3O3+. The van der Waals surface area contributed by atoms with E-state index in [1.165, 1.54) is 29.3 Å². The molecule has 0 heterocycles. The van der Waals surface area contributed by atoms with Crippen LogP contribution in [0.1, 0.15) is 30.0 Å². The maximum Gasteiger partial charge on any atom is 0.294 e. The lowest BCUT2D eigenvalue weighted by Gasteiger charge is -2.30. The van der Waals surface area contributed by atoms with Crippen molar-refractivity contribution in [3.05, 3.63) is 68.7 Å². The number of nitrogens with one attached hydrogen (secondary N) is 2. The summed E-state index contributed by atoms with van der Waals surface area (Å²) in [4.78, 5) is 24.1. The molecule has 0 fully saturated rings. The van der Waals surface area contributed by atoms with Crippen LogP contribution in [0.3, 0.4) is 0 Å². The molecule has 0 bridgehead atoms. The van der Waals surface area contributed by atoms with Crippen molar-refractivity contribution in [1.82, 2.24) is 0 Å². The molecule has 2 aromatic carbocycles. The summed E-state index contributed by atoms with van der Waals surface area (Å²) in [6, 6.07) is 12.8. The summed E-state index contributed by atoms with van der Waals surface area (Å²) in [6.07, 6.45) is 3.20. The van der Waals surface area contributed by atoms with Gasteiger partial charge in [-0.3, -0.25) is 14.9 Å². The van der Waals surface area contributed by atoms with E-state index in [2.05, 4.69) is 17.4 Å². The average molecular weight is 375 g/mol. The number of likely N-dealkylation sites (N-methyl/N-ethyl adjacent to an activating group) is 1. The van der Waals surface area contributed by atoms with Gasteiger partial charge in [-0.25, -0.2) is 0 Å². The molecule has 6 nitrogen and oxygen atoms in total. The van der Waals surface area contributed by atoms with Gasteiger partial charge in [0.15, 0.2) is 6.54 Å². The summed E-state index contributed by atoms with van der Waals surface area (Å²) in [5.74, 6) is -0.254. The number of benzene rings is 2. The molecule has 0 saturated heterocycles. The number of nitrogens with zero attached hydrogens (tertiary/aromatic N) is 1. The second kappa shape index (κ2) is 7.85. The number of halogens is 1. The lowest BCUT2D eigenvalue weighted by atomic mass is 9.87. The standard InChI is InChI=1S/C19H20ClN3O3/c1-22(17-8-4-6-13-5-2-3-7-15(13)17)12-19(24)21-16-10-9-14(20)11-18(16)23(25)26/h2-3,5,7,9-11,17H,4,6,8,12H2,1H3,(H,21,24)/p+1/t17-/m1/s1. The van der Waals surface area contributed by atoms with Crippen LogP contribution in [0, 0.1) is 10.1 Å². The van der Waals surface area contributed by atoms with Crippen molar-refractivity contribution in [2.24, 2.45) is 0 Å². The molecule has 1 unspecified atom stereocenters. The molecule has 1 aliphatic rings. The van der Waals surface area contributed by atoms with Crippen molar-refractivity contribution < 1.29 is 14.6 Å². The Balaban J connectivity index is 1.71. The summed E-state index contributed by atoms with van der Waals surface area (Å²) in [7, 11) is 1.99. The van der Waals surface area contributed by atoms with Gasteiger partial charge in [0.05, 0.1) is 12.0 Å². The SMILES string of the molecule is C[NH+](CC(=O)Nc1ccc(Cl)cc1[N+](=O)[O-])[C@@H]1CCCc2ccccc21. The highest BCUT2D eigenvalue weighted by atomic mass is 35.5. The fourth-order valence-corrected chi connectivity index (χ4v) is 3.76. The number of carbonyl (C=O) groups is 1. The van der Waals surface area contributed by atoms with E-state index in [-0.39, 0.29) is 34.9 Å². The van der Waals surface area contributed by atoms with Crippen molar-refractivity contribution >= 4 is 28.9 Å². The molecule has 2 aromatic rings. The van der Waals surface area contributed by atoms with Crippen LogP contribution in [0.25, 0.3) is 0 Å². The number of anilines is 1. The summed E-state index contributed by atoms with van der Waals surface area (Å²) in [6.45, 7) is 0.235. The van der Waals surface area contributed by atoms with E-state index in [0.717, 1.165) is 24.2 Å². The molecule has 0 aliphatic heterocycles. The van der Waals surface area contributed by atoms with Gasteiger partial charge in [-0.2, -0.15) is 0 Å². The largest absolute Gasteiger partial charge is 0.323 e. The van der Waals surface area contributed by atoms with Gasteiger partial charge in [0.25, 0.3) is 11.6 Å². The fourth-order valence-electron chi connectivity index (χ4n) is 3.60. The topological polar surface area (TPSA) is 76.7 Å². The van der Waals surface area contributed by atoms with Gasteiger partial charge in [0.2, 0.25) is 0 Å². The van der Waals surface area contributed by atoms with Crippen LogP contribution in [0.4, 0.5) is 11.4 Å². The normalized spacial score (nSPS) is 17.2. The van der Waals surface area contributed by atoms with E-state index in [1.54, 1.807) is 0 Å². The van der Waals surface area contributed by atoms with Crippen molar-refractivity contribution in [2.75, 3.05) is 18.9 Å². The molecule has 1 aliphatic carbocycles. The molecule has 0 radical (unpaired) electrons. The van der Waals surface area contributed by atoms with Gasteiger partial charge >= 0.3 is 0 Å². The molecule has 1 amide bonds. The van der Waals surface area contributed by atoms with Gasteiger partial charge in [-0.05, 0) is 30.5 Å². The zero-order valence-corrected chi connectivity index (χ0v) is 15.3. The number of carbonyl (C=O) groups excluding carboxylic acids is 1. The Bertz CT molecular complexity index is 841. The van der Waals surface area contributed by atoms with Crippen LogP contribution in [-0.2, 0) is 11.2 Å². The first-order valence-corrected chi connectivity index (χ1v) is 8.97. The maximum absolute atomic E-state index is 12.4. The third-order valence-electron chi connectivity index (χ3n) is 4.83. The lowest BCUT2D eigenvalue weighted by Crippen LogP contribution is -3.10. The minimum atomic E-state index is -0.546. The van der Waals surface area contributed by atoms with E-state index in [1.807, 2.05) is 19.2 Å². The summed E-state index contributed by atoms with van der Waals surface area (Å²) < 4.78 is 0. The van der Waals surface area contributed by atoms with Gasteiger partial charge < -0.3 is 10.2 Å². The second-order valence-corrected chi connectivity index (χ2v) is 7.07. The zero-order valence-electron chi connectivity index (χ0n) is 14.5. The van der Waals surface area contributed by atoms with Crippen LogP contribution >= 0.6 is 11.6 Å². The quantitative estimate of drug-likeness (QED) is 0.624. The molecule has 2 atom stereocenters. The number of nitro benzene ring substituents is 1. The Kier molecular flexibility index (Phi) is 5.54. The molecule has 0 saturated carbocycles. The van der Waals surface area contributed by atoms with Crippen molar-refractivity contribution in [3.8, 4) is 0 Å². The Labute approximate surface area is 156 Å². The Morgan fingerprint density at radius 1 is 1.35 bits per heavy atom. The van der Waals surface area contributed by atoms with Crippen LogP contribution in [0.5, 0.6) is 0 Å². The first-order valence-electron chi connectivity index (χ1n) is 8.59. The molecule has 26 heavy (non-hydrogen) atoms. The highest BCUT2D eigenvalue weighted by molar-refractivity contribution is 6.31. The van der Waals surface area contributed by atoms with Gasteiger partial charge in [-0.15, -0.1) is 0 Å². The highest BCUT2D eigenvalue weighted by Crippen LogP contribution is 2.28. The van der Waals surface area contributed by atoms with E-state index in [4.69, 9.17) is 11.6 Å². The molecule has 2 N–H and O–H groups in total. The predicted molar refractivity (Wildman–Crippen MR) is 101 cm³/mol. The Morgan fingerprint density at radius 2 is 2.12 bits per heavy atom. The van der Waals surface area contributed by atoms with E-state index in [0.29, 0.717) is 0 Å². The number of hydrogen-bond donors (Lipinski definition) is 2. The second-order valence-electron chi connectivity index (χ2n) is 6.63. The highest BCUT2D eigenvalue weighted by Gasteiger charge is 2.28. The number of hydrogen-bond acceptors (Lipinski definition) is 3. The number of amides is 1. The van der Waals surface area contributed by atoms with Crippen molar-refractivity contribution in [1.29, 1.82) is 0 Å². The van der Waals surface area contributed by atoms with Crippen LogP contribution in [0.15, 0.2) is 42.5 Å². The minimum absolute atomic E-state index is 0.168. The molecule has 0 aromatic heterocycles. The lowest BCUT2D eigenvalue weighted by molar-refractivity contribution is -0.905. The maximum atomic E-state index is 12.4. The van der Waals surface area contributed by atoms with Crippen LogP contribution in [-0.4, -0.2) is 24.4 Å². The molecule has 3 rings (SSSR count). The third kappa shape index (κ3) is 4.03. The van der Waals surface area contributed by atoms with Crippen molar-refractivity contribution in [3.63, 3.8) is 0 Å². The summed E-state index contributed by atoms with van der Waals surface area (Å²) in [5.41, 5.74) is 2.60. The Morgan fingerprint density at radius 3 is 2.88 bits per heavy atom. The van der Waals surface area contributed by atoms with Crippen LogP contribution in [0.2, 0.25) is 5.02 Å². The zero-order chi connectivity index (χ0) is 18.7. The molecule has 7 heteroatoms. The monoisotopic (exact) mass is 374 g/mol. The molecule has 0 spiro atoms. The van der Waals surface area contributed by atoms with Crippen molar-refractivity contribution in [2.45, 2.75) is 25.3 Å². The number of fused-ring (bicyclic) bond motifs is 1. The van der Waals surface area contributed by atoms with E-state index < -0.39 is 4.92 Å². The fraction of sp³-hybridized carbons (Fsp3) is 0.316. The first kappa shape index (κ1) is 18.4. The third-order valence-corrected chi connectivity index (χ3v) is 5.07. The average Bonchev–Trinajstić information content (AvgIpc) is 2.62. The van der Waals surface area contributed by atoms with E-state index in [9.17, 15) is 14.9 Å². The molecular weight excluding hydrogens is 354 g/mol. The summed E-state index contributed by atoms with van der Waals surface area (Å²) >= 11 is 5.81. The Hall–Kier alpha value is -2.44. The molecule has 136 valence electrons. The smallest absolute Gasteiger partial charge is 0.294 e.